The first kappa shape index (κ1) is 17.1. The number of hydrazine groups is 1. The number of rotatable bonds is 3. The third kappa shape index (κ3) is 4.21. The summed E-state index contributed by atoms with van der Waals surface area (Å²) in [6.45, 7) is 1.06. The number of nitrogens with zero attached hydrogens (tertiary/aromatic N) is 2. The summed E-state index contributed by atoms with van der Waals surface area (Å²) in [6.07, 6.45) is 2.65. The second kappa shape index (κ2) is 7.89. The minimum absolute atomic E-state index is 0.0114. The molecule has 7 nitrogen and oxygen atoms in total. The molecule has 0 unspecified atom stereocenters. The van der Waals surface area contributed by atoms with Crippen LogP contribution >= 0.6 is 11.3 Å². The van der Waals surface area contributed by atoms with Gasteiger partial charge in [-0.25, -0.2) is 0 Å². The van der Waals surface area contributed by atoms with Gasteiger partial charge in [-0.15, -0.1) is 11.3 Å². The molecule has 2 aromatic heterocycles. The predicted octanol–water partition coefficient (Wildman–Crippen LogP) is 1.46. The molecule has 1 aliphatic rings. The molecule has 3 heterocycles. The third-order valence-corrected chi connectivity index (χ3v) is 4.94. The van der Waals surface area contributed by atoms with E-state index >= 15 is 0 Å². The lowest BCUT2D eigenvalue weighted by Gasteiger charge is -2.31. The highest BCUT2D eigenvalue weighted by Gasteiger charge is 2.28. The highest BCUT2D eigenvalue weighted by Crippen LogP contribution is 2.20. The number of amides is 3. The van der Waals surface area contributed by atoms with E-state index in [-0.39, 0.29) is 23.4 Å². The molecular weight excluding hydrogens is 340 g/mol. The number of nitrogens with one attached hydrogen (secondary N) is 2. The lowest BCUT2D eigenvalue weighted by molar-refractivity contribution is -0.127. The molecule has 130 valence electrons. The molecule has 0 aliphatic carbocycles. The van der Waals surface area contributed by atoms with E-state index in [2.05, 4.69) is 15.8 Å². The number of carbonyl (C=O) groups is 3. The van der Waals surface area contributed by atoms with Crippen molar-refractivity contribution in [2.45, 2.75) is 12.8 Å². The summed E-state index contributed by atoms with van der Waals surface area (Å²) in [6, 6.07) is 8.63. The number of pyridine rings is 1. The Balaban J connectivity index is 1.45. The topological polar surface area (TPSA) is 91.4 Å². The van der Waals surface area contributed by atoms with Gasteiger partial charge < -0.3 is 4.90 Å². The molecule has 25 heavy (non-hydrogen) atoms. The van der Waals surface area contributed by atoms with Crippen molar-refractivity contribution in [3.63, 3.8) is 0 Å². The van der Waals surface area contributed by atoms with E-state index in [9.17, 15) is 14.4 Å². The fourth-order valence-corrected chi connectivity index (χ4v) is 3.37. The summed E-state index contributed by atoms with van der Waals surface area (Å²) < 4.78 is 0. The number of hydrogen-bond donors (Lipinski definition) is 2. The van der Waals surface area contributed by atoms with Crippen LogP contribution in [0.5, 0.6) is 0 Å². The Bertz CT molecular complexity index is 741. The van der Waals surface area contributed by atoms with Crippen LogP contribution < -0.4 is 10.9 Å². The van der Waals surface area contributed by atoms with Gasteiger partial charge in [-0.3, -0.25) is 30.2 Å². The van der Waals surface area contributed by atoms with Crippen molar-refractivity contribution >= 4 is 29.1 Å². The summed E-state index contributed by atoms with van der Waals surface area (Å²) in [5.74, 6) is -0.916. The van der Waals surface area contributed by atoms with Crippen molar-refractivity contribution in [1.29, 1.82) is 0 Å². The van der Waals surface area contributed by atoms with Crippen LogP contribution in [0.4, 0.5) is 0 Å². The van der Waals surface area contributed by atoms with Crippen molar-refractivity contribution in [1.82, 2.24) is 20.7 Å². The van der Waals surface area contributed by atoms with Crippen LogP contribution in [0, 0.1) is 5.92 Å². The summed E-state index contributed by atoms with van der Waals surface area (Å²) in [4.78, 5) is 42.7. The summed E-state index contributed by atoms with van der Waals surface area (Å²) in [5, 5.41) is 1.87. The Morgan fingerprint density at radius 2 is 1.88 bits per heavy atom. The van der Waals surface area contributed by atoms with E-state index in [4.69, 9.17) is 0 Å². The molecular formula is C17H18N4O3S. The molecule has 0 bridgehead atoms. The Morgan fingerprint density at radius 3 is 2.52 bits per heavy atom. The smallest absolute Gasteiger partial charge is 0.288 e. The zero-order valence-corrected chi connectivity index (χ0v) is 14.3. The van der Waals surface area contributed by atoms with Crippen LogP contribution in [-0.4, -0.2) is 40.7 Å². The van der Waals surface area contributed by atoms with E-state index in [1.54, 1.807) is 29.2 Å². The van der Waals surface area contributed by atoms with Gasteiger partial charge in [0.1, 0.15) is 5.69 Å². The zero-order chi connectivity index (χ0) is 17.6. The Labute approximate surface area is 149 Å². The molecule has 0 aromatic carbocycles. The van der Waals surface area contributed by atoms with E-state index < -0.39 is 5.91 Å². The predicted molar refractivity (Wildman–Crippen MR) is 92.8 cm³/mol. The SMILES string of the molecule is O=C(NNC(=O)C1CCN(C(=O)c2cccs2)CC1)c1ccccn1. The van der Waals surface area contributed by atoms with Crippen molar-refractivity contribution < 1.29 is 14.4 Å². The normalized spacial score (nSPS) is 14.8. The fraction of sp³-hybridized carbons (Fsp3) is 0.294. The maximum atomic E-state index is 12.3. The van der Waals surface area contributed by atoms with Crippen LogP contribution in [0.3, 0.4) is 0 Å². The molecule has 2 N–H and O–H groups in total. The summed E-state index contributed by atoms with van der Waals surface area (Å²) in [5.41, 5.74) is 5.05. The maximum absolute atomic E-state index is 12.3. The number of piperidine rings is 1. The molecule has 0 saturated carbocycles. The fourth-order valence-electron chi connectivity index (χ4n) is 2.68. The monoisotopic (exact) mass is 358 g/mol. The minimum Gasteiger partial charge on any atom is -0.338 e. The number of thiophene rings is 1. The molecule has 8 heteroatoms. The standard InChI is InChI=1S/C17H18N4O3S/c22-15(19-20-16(23)13-4-1-2-8-18-13)12-6-9-21(10-7-12)17(24)14-5-3-11-25-14/h1-5,8,11-12H,6-7,9-10H2,(H,19,22)(H,20,23). The Hall–Kier alpha value is -2.74. The highest BCUT2D eigenvalue weighted by molar-refractivity contribution is 7.12. The summed E-state index contributed by atoms with van der Waals surface area (Å²) in [7, 11) is 0. The van der Waals surface area contributed by atoms with Gasteiger partial charge in [0, 0.05) is 25.2 Å². The lowest BCUT2D eigenvalue weighted by atomic mass is 9.96. The van der Waals surface area contributed by atoms with Crippen molar-refractivity contribution in [3.05, 3.63) is 52.5 Å². The van der Waals surface area contributed by atoms with Crippen LogP contribution in [0.2, 0.25) is 0 Å². The second-order valence-corrected chi connectivity index (χ2v) is 6.65. The molecule has 3 amide bonds. The first-order chi connectivity index (χ1) is 12.1. The molecule has 3 rings (SSSR count). The largest absolute Gasteiger partial charge is 0.338 e. The van der Waals surface area contributed by atoms with Gasteiger partial charge in [0.15, 0.2) is 0 Å². The van der Waals surface area contributed by atoms with Crippen molar-refractivity contribution in [3.8, 4) is 0 Å². The van der Waals surface area contributed by atoms with E-state index in [1.165, 1.54) is 17.5 Å². The van der Waals surface area contributed by atoms with E-state index in [0.717, 1.165) is 0 Å². The van der Waals surface area contributed by atoms with Gasteiger partial charge in [0.05, 0.1) is 4.88 Å². The van der Waals surface area contributed by atoms with Gasteiger partial charge in [-0.05, 0) is 36.4 Å². The van der Waals surface area contributed by atoms with Crippen LogP contribution in [-0.2, 0) is 4.79 Å². The molecule has 1 aliphatic heterocycles. The maximum Gasteiger partial charge on any atom is 0.288 e. The number of likely N-dealkylation sites (tertiary alicyclic amines) is 1. The minimum atomic E-state index is -0.459. The summed E-state index contributed by atoms with van der Waals surface area (Å²) >= 11 is 1.42. The number of hydrogen-bond acceptors (Lipinski definition) is 5. The van der Waals surface area contributed by atoms with Crippen LogP contribution in [0.25, 0.3) is 0 Å². The Kier molecular flexibility index (Phi) is 5.39. The molecule has 0 radical (unpaired) electrons. The second-order valence-electron chi connectivity index (χ2n) is 5.70. The van der Waals surface area contributed by atoms with Gasteiger partial charge in [0.25, 0.3) is 11.8 Å². The first-order valence-electron chi connectivity index (χ1n) is 7.99. The molecule has 0 spiro atoms. The van der Waals surface area contributed by atoms with Gasteiger partial charge in [-0.2, -0.15) is 0 Å². The Morgan fingerprint density at radius 1 is 1.08 bits per heavy atom. The first-order valence-corrected chi connectivity index (χ1v) is 8.87. The zero-order valence-electron chi connectivity index (χ0n) is 13.5. The van der Waals surface area contributed by atoms with Crippen LogP contribution in [0.1, 0.15) is 33.0 Å². The third-order valence-electron chi connectivity index (χ3n) is 4.08. The molecule has 2 aromatic rings. The van der Waals surface area contributed by atoms with Crippen molar-refractivity contribution in [2.75, 3.05) is 13.1 Å². The molecule has 1 fully saturated rings. The number of carbonyl (C=O) groups excluding carboxylic acids is 3. The lowest BCUT2D eigenvalue weighted by Crippen LogP contribution is -2.48. The van der Waals surface area contributed by atoms with Gasteiger partial charge in [0.2, 0.25) is 5.91 Å². The average Bonchev–Trinajstić information content (AvgIpc) is 3.21. The van der Waals surface area contributed by atoms with Gasteiger partial charge >= 0.3 is 0 Å². The van der Waals surface area contributed by atoms with Gasteiger partial charge in [-0.1, -0.05) is 12.1 Å². The van der Waals surface area contributed by atoms with E-state index in [0.29, 0.717) is 30.8 Å². The molecule has 0 atom stereocenters. The molecule has 1 saturated heterocycles. The quantitative estimate of drug-likeness (QED) is 0.813. The van der Waals surface area contributed by atoms with Crippen LogP contribution in [0.15, 0.2) is 41.9 Å². The van der Waals surface area contributed by atoms with E-state index in [1.807, 2.05) is 11.4 Å². The average molecular weight is 358 g/mol. The number of aromatic nitrogens is 1. The van der Waals surface area contributed by atoms with Crippen molar-refractivity contribution in [2.24, 2.45) is 5.92 Å². The highest BCUT2D eigenvalue weighted by atomic mass is 32.1.